The van der Waals surface area contributed by atoms with Gasteiger partial charge < -0.3 is 19.5 Å². The maximum Gasteiger partial charge on any atom is 0.273 e. The minimum atomic E-state index is -0.535. The van der Waals surface area contributed by atoms with E-state index < -0.39 is 10.8 Å². The number of nitrogens with one attached hydrogen (secondary N) is 1. The van der Waals surface area contributed by atoms with Crippen molar-refractivity contribution in [3.05, 3.63) is 92.5 Å². The fourth-order valence-electron chi connectivity index (χ4n) is 2.95. The summed E-state index contributed by atoms with van der Waals surface area (Å²) in [4.78, 5) is 22.8. The fraction of sp³-hybridized carbons (Fsp3) is 0.125. The molecule has 0 saturated carbocycles. The molecule has 0 aliphatic carbocycles. The number of anilines is 1. The van der Waals surface area contributed by atoms with Crippen molar-refractivity contribution in [1.29, 1.82) is 0 Å². The quantitative estimate of drug-likeness (QED) is 0.227. The van der Waals surface area contributed by atoms with E-state index in [1.165, 1.54) is 38.5 Å². The summed E-state index contributed by atoms with van der Waals surface area (Å²) in [6.07, 6.45) is 2.95. The second kappa shape index (κ2) is 11.1. The fourth-order valence-corrected chi connectivity index (χ4v) is 3.52. The first-order valence-corrected chi connectivity index (χ1v) is 10.6. The van der Waals surface area contributed by atoms with E-state index >= 15 is 0 Å². The van der Waals surface area contributed by atoms with E-state index in [2.05, 4.69) is 21.2 Å². The number of benzene rings is 3. The van der Waals surface area contributed by atoms with Crippen molar-refractivity contribution in [3.63, 3.8) is 0 Å². The number of carbonyl (C=O) groups excluding carboxylic acids is 1. The molecule has 3 aromatic rings. The van der Waals surface area contributed by atoms with Gasteiger partial charge in [0.1, 0.15) is 12.4 Å². The third kappa shape index (κ3) is 6.33. The van der Waals surface area contributed by atoms with E-state index in [0.717, 1.165) is 5.56 Å². The highest BCUT2D eigenvalue weighted by molar-refractivity contribution is 9.10. The van der Waals surface area contributed by atoms with Gasteiger partial charge in [-0.05, 0) is 51.3 Å². The lowest BCUT2D eigenvalue weighted by molar-refractivity contribution is -0.384. The van der Waals surface area contributed by atoms with Crippen LogP contribution in [-0.4, -0.2) is 25.1 Å². The molecular formula is C24H21BrN2O6. The average molecular weight is 513 g/mol. The Morgan fingerprint density at radius 1 is 1.06 bits per heavy atom. The Morgan fingerprint density at radius 3 is 2.45 bits per heavy atom. The van der Waals surface area contributed by atoms with Gasteiger partial charge in [0.25, 0.3) is 5.69 Å². The number of non-ortho nitro benzene ring substituents is 1. The Balaban J connectivity index is 1.72. The predicted octanol–water partition coefficient (Wildman–Crippen LogP) is 5.61. The lowest BCUT2D eigenvalue weighted by atomic mass is 10.1. The molecular weight excluding hydrogens is 492 g/mol. The van der Waals surface area contributed by atoms with E-state index in [1.54, 1.807) is 18.2 Å². The third-order valence-corrected chi connectivity index (χ3v) is 5.15. The van der Waals surface area contributed by atoms with Crippen molar-refractivity contribution in [1.82, 2.24) is 0 Å². The van der Waals surface area contributed by atoms with Crippen LogP contribution in [-0.2, 0) is 11.4 Å². The lowest BCUT2D eigenvalue weighted by Gasteiger charge is -2.13. The zero-order valence-electron chi connectivity index (χ0n) is 17.9. The van der Waals surface area contributed by atoms with Gasteiger partial charge in [0.05, 0.1) is 35.4 Å². The van der Waals surface area contributed by atoms with Gasteiger partial charge in [0.2, 0.25) is 5.91 Å². The molecule has 0 saturated heterocycles. The molecule has 0 unspecified atom stereocenters. The van der Waals surface area contributed by atoms with Crippen LogP contribution in [0.2, 0.25) is 0 Å². The Kier molecular flexibility index (Phi) is 8.04. The summed E-state index contributed by atoms with van der Waals surface area (Å²) in [5.41, 5.74) is 1.92. The number of hydrogen-bond acceptors (Lipinski definition) is 6. The number of carbonyl (C=O) groups is 1. The molecule has 8 nitrogen and oxygen atoms in total. The first kappa shape index (κ1) is 23.8. The van der Waals surface area contributed by atoms with Crippen molar-refractivity contribution >= 4 is 39.3 Å². The van der Waals surface area contributed by atoms with Crippen molar-refractivity contribution in [2.75, 3.05) is 19.5 Å². The van der Waals surface area contributed by atoms with Gasteiger partial charge in [-0.3, -0.25) is 14.9 Å². The van der Waals surface area contributed by atoms with E-state index in [9.17, 15) is 14.9 Å². The Bertz CT molecular complexity index is 1180. The van der Waals surface area contributed by atoms with Crippen LogP contribution >= 0.6 is 15.9 Å². The monoisotopic (exact) mass is 512 g/mol. The molecule has 3 aromatic carbocycles. The second-order valence-corrected chi connectivity index (χ2v) is 7.63. The molecule has 9 heteroatoms. The van der Waals surface area contributed by atoms with Crippen molar-refractivity contribution in [3.8, 4) is 17.2 Å². The van der Waals surface area contributed by atoms with Crippen LogP contribution in [0.5, 0.6) is 17.2 Å². The summed E-state index contributed by atoms with van der Waals surface area (Å²) in [5, 5.41) is 13.6. The van der Waals surface area contributed by atoms with Gasteiger partial charge in [-0.1, -0.05) is 30.3 Å². The van der Waals surface area contributed by atoms with E-state index in [0.29, 0.717) is 33.8 Å². The maximum absolute atomic E-state index is 12.4. The molecule has 0 atom stereocenters. The van der Waals surface area contributed by atoms with Gasteiger partial charge in [-0.25, -0.2) is 0 Å². The zero-order valence-corrected chi connectivity index (χ0v) is 19.5. The van der Waals surface area contributed by atoms with E-state index in [-0.39, 0.29) is 11.4 Å². The minimum Gasteiger partial charge on any atom is -0.494 e. The number of halogens is 1. The number of hydrogen-bond donors (Lipinski definition) is 1. The molecule has 1 amide bonds. The highest BCUT2D eigenvalue weighted by atomic mass is 79.9. The highest BCUT2D eigenvalue weighted by Gasteiger charge is 2.14. The average Bonchev–Trinajstić information content (AvgIpc) is 2.82. The topological polar surface area (TPSA) is 99.9 Å². The largest absolute Gasteiger partial charge is 0.494 e. The number of methoxy groups -OCH3 is 2. The second-order valence-electron chi connectivity index (χ2n) is 6.77. The molecule has 0 aliphatic heterocycles. The maximum atomic E-state index is 12.4. The molecule has 0 fully saturated rings. The first-order valence-electron chi connectivity index (χ1n) is 9.77. The molecule has 33 heavy (non-hydrogen) atoms. The summed E-state index contributed by atoms with van der Waals surface area (Å²) >= 11 is 3.50. The van der Waals surface area contributed by atoms with Crippen molar-refractivity contribution in [2.45, 2.75) is 6.61 Å². The normalized spacial score (nSPS) is 10.6. The van der Waals surface area contributed by atoms with Gasteiger partial charge in [-0.15, -0.1) is 0 Å². The molecule has 0 aliphatic rings. The number of nitrogens with zero attached hydrogens (tertiary/aromatic N) is 1. The van der Waals surface area contributed by atoms with Crippen molar-refractivity contribution < 1.29 is 23.9 Å². The summed E-state index contributed by atoms with van der Waals surface area (Å²) in [5.74, 6) is 0.827. The van der Waals surface area contributed by atoms with Crippen LogP contribution in [0.15, 0.2) is 71.2 Å². The number of nitro groups is 1. The smallest absolute Gasteiger partial charge is 0.273 e. The highest BCUT2D eigenvalue weighted by Crippen LogP contribution is 2.37. The summed E-state index contributed by atoms with van der Waals surface area (Å²) in [6, 6.07) is 17.3. The lowest BCUT2D eigenvalue weighted by Crippen LogP contribution is -2.09. The van der Waals surface area contributed by atoms with Crippen LogP contribution in [0.25, 0.3) is 6.08 Å². The van der Waals surface area contributed by atoms with E-state index in [1.807, 2.05) is 30.3 Å². The van der Waals surface area contributed by atoms with Crippen LogP contribution in [0, 0.1) is 10.1 Å². The third-order valence-electron chi connectivity index (χ3n) is 4.56. The van der Waals surface area contributed by atoms with Crippen LogP contribution in [0.4, 0.5) is 11.4 Å². The van der Waals surface area contributed by atoms with Gasteiger partial charge in [-0.2, -0.15) is 0 Å². The molecule has 0 radical (unpaired) electrons. The molecule has 0 bridgehead atoms. The predicted molar refractivity (Wildman–Crippen MR) is 129 cm³/mol. The number of ether oxygens (including phenoxy) is 3. The summed E-state index contributed by atoms with van der Waals surface area (Å²) in [6.45, 7) is 0.379. The van der Waals surface area contributed by atoms with Crippen molar-refractivity contribution in [2.24, 2.45) is 0 Å². The molecule has 1 N–H and O–H groups in total. The van der Waals surface area contributed by atoms with Crippen LogP contribution in [0.1, 0.15) is 11.1 Å². The first-order chi connectivity index (χ1) is 15.9. The molecule has 0 spiro atoms. The Labute approximate surface area is 199 Å². The standard InChI is InChI=1S/C24H21BrN2O6/c1-31-21-14-18(27(29)30)9-10-20(21)26-23(28)11-8-17-12-19(25)24(22(13-17)32-2)33-15-16-6-4-3-5-7-16/h3-14H,15H2,1-2H3,(H,26,28)/b11-8+. The number of nitro benzene ring substituents is 1. The zero-order chi connectivity index (χ0) is 23.8. The minimum absolute atomic E-state index is 0.132. The Morgan fingerprint density at radius 2 is 1.79 bits per heavy atom. The molecule has 3 rings (SSSR count). The molecule has 0 heterocycles. The van der Waals surface area contributed by atoms with E-state index in [4.69, 9.17) is 14.2 Å². The van der Waals surface area contributed by atoms with Gasteiger partial charge in [0, 0.05) is 12.1 Å². The SMILES string of the molecule is COc1cc([N+](=O)[O-])ccc1NC(=O)/C=C/c1cc(Br)c(OCc2ccccc2)c(OC)c1. The van der Waals surface area contributed by atoms with Crippen LogP contribution in [0.3, 0.4) is 0 Å². The number of amides is 1. The summed E-state index contributed by atoms with van der Waals surface area (Å²) in [7, 11) is 2.91. The number of rotatable bonds is 9. The van der Waals surface area contributed by atoms with Gasteiger partial charge >= 0.3 is 0 Å². The van der Waals surface area contributed by atoms with Gasteiger partial charge in [0.15, 0.2) is 11.5 Å². The molecule has 170 valence electrons. The Hall–Kier alpha value is -3.85. The molecule has 0 aromatic heterocycles. The summed E-state index contributed by atoms with van der Waals surface area (Å²) < 4.78 is 17.2. The van der Waals surface area contributed by atoms with Crippen LogP contribution < -0.4 is 19.5 Å².